The Morgan fingerprint density at radius 2 is 1.80 bits per heavy atom. The van der Waals surface area contributed by atoms with Crippen molar-refractivity contribution in [3.05, 3.63) is 65.4 Å². The molecule has 1 aromatic heterocycles. The van der Waals surface area contributed by atoms with Gasteiger partial charge >= 0.3 is 12.1 Å². The Hall–Kier alpha value is -3.72. The van der Waals surface area contributed by atoms with Crippen LogP contribution in [0.25, 0.3) is 10.9 Å². The maximum absolute atomic E-state index is 14.3. The third-order valence-corrected chi connectivity index (χ3v) is 8.20. The Labute approximate surface area is 240 Å². The third-order valence-electron chi connectivity index (χ3n) is 8.20. The maximum Gasteiger partial charge on any atom is 0.435 e. The largest absolute Gasteiger partial charge is 0.478 e. The fourth-order valence-corrected chi connectivity index (χ4v) is 6.25. The van der Waals surface area contributed by atoms with Crippen LogP contribution in [0.5, 0.6) is 0 Å². The molecular weight excluding hydrogens is 522 g/mol. The predicted molar refractivity (Wildman–Crippen MR) is 154 cm³/mol. The normalized spacial score (nSPS) is 19.5. The van der Waals surface area contributed by atoms with Gasteiger partial charge in [0.1, 0.15) is 5.60 Å². The summed E-state index contributed by atoms with van der Waals surface area (Å²) in [5.41, 5.74) is 1.56. The monoisotopic (exact) mass is 561 g/mol. The Morgan fingerprint density at radius 3 is 2.49 bits per heavy atom. The molecule has 9 heteroatoms. The topological polar surface area (TPSA) is 111 Å². The predicted octanol–water partition coefficient (Wildman–Crippen LogP) is 5.44. The van der Waals surface area contributed by atoms with Crippen molar-refractivity contribution in [2.75, 3.05) is 26.3 Å². The number of fused-ring (bicyclic) bond motifs is 1. The van der Waals surface area contributed by atoms with E-state index >= 15 is 0 Å². The zero-order valence-electron chi connectivity index (χ0n) is 24.1. The maximum atomic E-state index is 14.3. The van der Waals surface area contributed by atoms with Crippen molar-refractivity contribution in [2.24, 2.45) is 5.92 Å². The summed E-state index contributed by atoms with van der Waals surface area (Å²) >= 11 is 0. The van der Waals surface area contributed by atoms with Crippen LogP contribution in [0.15, 0.2) is 48.7 Å². The summed E-state index contributed by atoms with van der Waals surface area (Å²) in [6.45, 7) is 7.55. The van der Waals surface area contributed by atoms with Crippen LogP contribution in [-0.2, 0) is 26.1 Å². The fraction of sp³-hybridized carbons (Fsp3) is 0.500. The Kier molecular flexibility index (Phi) is 8.18. The molecule has 2 aliphatic rings. The molecule has 5 rings (SSSR count). The summed E-state index contributed by atoms with van der Waals surface area (Å²) in [5.74, 6) is -0.807. The molecule has 1 aliphatic heterocycles. The van der Waals surface area contributed by atoms with E-state index in [4.69, 9.17) is 9.47 Å². The highest BCUT2D eigenvalue weighted by Gasteiger charge is 2.44. The molecule has 1 saturated heterocycles. The number of aromatic nitrogens is 2. The summed E-state index contributed by atoms with van der Waals surface area (Å²) in [5, 5.41) is 14.6. The van der Waals surface area contributed by atoms with Crippen LogP contribution in [0, 0.1) is 5.92 Å². The second-order valence-corrected chi connectivity index (χ2v) is 12.3. The minimum absolute atomic E-state index is 0.0620. The number of aromatic carboxylic acids is 1. The minimum Gasteiger partial charge on any atom is -0.478 e. The van der Waals surface area contributed by atoms with Crippen molar-refractivity contribution in [1.82, 2.24) is 14.7 Å². The summed E-state index contributed by atoms with van der Waals surface area (Å²) in [6, 6.07) is 12.7. The third kappa shape index (κ3) is 6.15. The van der Waals surface area contributed by atoms with Gasteiger partial charge in [0.2, 0.25) is 5.91 Å². The molecule has 0 spiro atoms. The van der Waals surface area contributed by atoms with Gasteiger partial charge in [0.25, 0.3) is 0 Å². The van der Waals surface area contributed by atoms with Gasteiger partial charge in [-0.2, -0.15) is 9.78 Å². The number of benzene rings is 2. The standard InChI is InChI=1S/C32H39N3O6/c1-31(2,3)41-30(39)35-27-9-7-8-24(26(27)19-33-35)18-22-20-34(16-17-40-21-22)29(38)32(14-5-4-6-15-32)25-12-10-23(11-13-25)28(36)37/h7-13,19,22H,4-6,14-18,20-21H2,1-3H3,(H,36,37). The number of carboxylic acids is 1. The van der Waals surface area contributed by atoms with Crippen molar-refractivity contribution < 1.29 is 29.0 Å². The Bertz CT molecular complexity index is 1420. The molecule has 2 heterocycles. The van der Waals surface area contributed by atoms with Gasteiger partial charge in [-0.05, 0) is 69.4 Å². The lowest BCUT2D eigenvalue weighted by molar-refractivity contribution is -0.139. The first-order valence-corrected chi connectivity index (χ1v) is 14.5. The molecule has 218 valence electrons. The number of nitrogens with zero attached hydrogens (tertiary/aromatic N) is 3. The van der Waals surface area contributed by atoms with Crippen molar-refractivity contribution in [3.8, 4) is 0 Å². The number of carbonyl (C=O) groups excluding carboxylic acids is 2. The number of carboxylic acid groups (broad SMARTS) is 1. The summed E-state index contributed by atoms with van der Waals surface area (Å²) < 4.78 is 12.8. The van der Waals surface area contributed by atoms with E-state index in [2.05, 4.69) is 5.10 Å². The van der Waals surface area contributed by atoms with Gasteiger partial charge in [-0.1, -0.05) is 43.5 Å². The molecule has 1 saturated carbocycles. The molecule has 2 fully saturated rings. The SMILES string of the molecule is CC(C)(C)OC(=O)n1ncc2c(CC3COCCN(C(=O)C4(c5ccc(C(=O)O)cc5)CCCCC4)C3)cccc21. The molecule has 3 aromatic rings. The van der Waals surface area contributed by atoms with E-state index in [0.717, 1.165) is 48.6 Å². The first kappa shape index (κ1) is 28.8. The van der Waals surface area contributed by atoms with Crippen LogP contribution < -0.4 is 0 Å². The van der Waals surface area contributed by atoms with Crippen LogP contribution in [0.4, 0.5) is 4.79 Å². The van der Waals surface area contributed by atoms with Gasteiger partial charge in [0.15, 0.2) is 0 Å². The van der Waals surface area contributed by atoms with Gasteiger partial charge in [-0.3, -0.25) is 4.79 Å². The lowest BCUT2D eigenvalue weighted by Crippen LogP contribution is -2.50. The quantitative estimate of drug-likeness (QED) is 0.442. The van der Waals surface area contributed by atoms with E-state index in [1.165, 1.54) is 4.68 Å². The summed E-state index contributed by atoms with van der Waals surface area (Å²) in [4.78, 5) is 40.5. The molecule has 41 heavy (non-hydrogen) atoms. The number of hydrogen-bond acceptors (Lipinski definition) is 6. The molecule has 1 aliphatic carbocycles. The highest BCUT2D eigenvalue weighted by atomic mass is 16.6. The molecule has 0 bridgehead atoms. The van der Waals surface area contributed by atoms with E-state index in [-0.39, 0.29) is 17.4 Å². The Morgan fingerprint density at radius 1 is 1.07 bits per heavy atom. The number of carbonyl (C=O) groups is 3. The molecule has 2 aromatic carbocycles. The lowest BCUT2D eigenvalue weighted by atomic mass is 9.68. The van der Waals surface area contributed by atoms with Crippen LogP contribution in [0.3, 0.4) is 0 Å². The van der Waals surface area contributed by atoms with Gasteiger partial charge in [-0.25, -0.2) is 9.59 Å². The number of hydrogen-bond donors (Lipinski definition) is 1. The van der Waals surface area contributed by atoms with E-state index in [9.17, 15) is 19.5 Å². The van der Waals surface area contributed by atoms with Gasteiger partial charge in [-0.15, -0.1) is 0 Å². The average Bonchev–Trinajstić information content (AvgIpc) is 3.26. The lowest BCUT2D eigenvalue weighted by Gasteiger charge is -2.40. The number of rotatable bonds is 5. The number of amides is 1. The molecule has 1 amide bonds. The molecular formula is C32H39N3O6. The van der Waals surface area contributed by atoms with E-state index in [1.54, 1.807) is 18.3 Å². The fourth-order valence-electron chi connectivity index (χ4n) is 6.25. The van der Waals surface area contributed by atoms with Crippen LogP contribution >= 0.6 is 0 Å². The second kappa shape index (κ2) is 11.6. The summed E-state index contributed by atoms with van der Waals surface area (Å²) in [6.07, 6.45) is 6.37. The first-order chi connectivity index (χ1) is 19.6. The van der Waals surface area contributed by atoms with Gasteiger partial charge in [0, 0.05) is 24.4 Å². The summed E-state index contributed by atoms with van der Waals surface area (Å²) in [7, 11) is 0. The van der Waals surface area contributed by atoms with Crippen molar-refractivity contribution in [2.45, 2.75) is 70.3 Å². The average molecular weight is 562 g/mol. The van der Waals surface area contributed by atoms with Crippen LogP contribution in [0.2, 0.25) is 0 Å². The van der Waals surface area contributed by atoms with Crippen molar-refractivity contribution >= 4 is 28.9 Å². The van der Waals surface area contributed by atoms with E-state index in [1.807, 2.05) is 56.0 Å². The smallest absolute Gasteiger partial charge is 0.435 e. The van der Waals surface area contributed by atoms with Gasteiger partial charge < -0.3 is 19.5 Å². The number of ether oxygens (including phenoxy) is 2. The van der Waals surface area contributed by atoms with Crippen LogP contribution in [0.1, 0.15) is 74.4 Å². The van der Waals surface area contributed by atoms with Crippen LogP contribution in [-0.4, -0.2) is 69.7 Å². The van der Waals surface area contributed by atoms with Gasteiger partial charge in [0.05, 0.1) is 35.9 Å². The van der Waals surface area contributed by atoms with E-state index in [0.29, 0.717) is 38.2 Å². The Balaban J connectivity index is 1.38. The minimum atomic E-state index is -0.972. The molecule has 9 nitrogen and oxygen atoms in total. The second-order valence-electron chi connectivity index (χ2n) is 12.3. The molecule has 1 N–H and O–H groups in total. The van der Waals surface area contributed by atoms with Crippen molar-refractivity contribution in [1.29, 1.82) is 0 Å². The highest BCUT2D eigenvalue weighted by Crippen LogP contribution is 2.41. The van der Waals surface area contributed by atoms with Crippen molar-refractivity contribution in [3.63, 3.8) is 0 Å². The van der Waals surface area contributed by atoms with E-state index < -0.39 is 23.1 Å². The zero-order chi connectivity index (χ0) is 29.2. The zero-order valence-corrected chi connectivity index (χ0v) is 24.1. The molecule has 1 atom stereocenters. The first-order valence-electron chi connectivity index (χ1n) is 14.5. The highest BCUT2D eigenvalue weighted by molar-refractivity contribution is 5.91. The molecule has 0 radical (unpaired) electrons. The molecule has 1 unspecified atom stereocenters.